The second kappa shape index (κ2) is 7.02. The molecular weight excluding hydrogens is 328 g/mol. The molecule has 0 heterocycles. The molecule has 10 heteroatoms. The molecule has 8 unspecified atom stereocenters. The van der Waals surface area contributed by atoms with Crippen molar-refractivity contribution in [2.75, 3.05) is 0 Å². The van der Waals surface area contributed by atoms with Gasteiger partial charge >= 0.3 is 5.97 Å². The first-order valence-corrected chi connectivity index (χ1v) is 7.45. The fourth-order valence-electron chi connectivity index (χ4n) is 2.97. The summed E-state index contributed by atoms with van der Waals surface area (Å²) in [7, 11) is 0. The second-order valence-electron chi connectivity index (χ2n) is 6.32. The van der Waals surface area contributed by atoms with Crippen molar-refractivity contribution in [2.24, 2.45) is 0 Å². The van der Waals surface area contributed by atoms with Gasteiger partial charge in [0.15, 0.2) is 11.9 Å². The van der Waals surface area contributed by atoms with Crippen LogP contribution < -0.4 is 0 Å². The highest BCUT2D eigenvalue weighted by molar-refractivity contribution is 5.77. The van der Waals surface area contributed by atoms with E-state index in [2.05, 4.69) is 0 Å². The average Bonchev–Trinajstić information content (AvgIpc) is 2.49. The number of carboxylic acids is 1. The third-order valence-corrected chi connectivity index (χ3v) is 4.45. The van der Waals surface area contributed by atoms with E-state index in [1.54, 1.807) is 0 Å². The Morgan fingerprint density at radius 3 is 2.29 bits per heavy atom. The van der Waals surface area contributed by atoms with Crippen molar-refractivity contribution < 1.29 is 50.4 Å². The molecule has 8 N–H and O–H groups in total. The molecule has 2 aliphatic carbocycles. The van der Waals surface area contributed by atoms with Crippen LogP contribution in [-0.2, 0) is 9.53 Å². The van der Waals surface area contributed by atoms with E-state index in [0.29, 0.717) is 0 Å². The van der Waals surface area contributed by atoms with Gasteiger partial charge in [-0.1, -0.05) is 0 Å². The van der Waals surface area contributed by atoms with Crippen molar-refractivity contribution >= 4 is 5.97 Å². The first-order valence-electron chi connectivity index (χ1n) is 7.45. The van der Waals surface area contributed by atoms with Crippen LogP contribution in [0, 0.1) is 0 Å². The average molecular weight is 350 g/mol. The number of aliphatic hydroxyl groups excluding tert-OH is 6. The maximum atomic E-state index is 11.1. The van der Waals surface area contributed by atoms with Gasteiger partial charge < -0.3 is 45.6 Å². The Morgan fingerprint density at radius 1 is 1.12 bits per heavy atom. The van der Waals surface area contributed by atoms with Crippen LogP contribution >= 0.6 is 0 Å². The number of carbonyl (C=O) groups is 1. The third-order valence-electron chi connectivity index (χ3n) is 4.45. The number of hydrogen-bond acceptors (Lipinski definition) is 9. The molecule has 0 aliphatic heterocycles. The van der Waals surface area contributed by atoms with Crippen molar-refractivity contribution in [1.29, 1.82) is 0 Å². The van der Waals surface area contributed by atoms with E-state index in [4.69, 9.17) is 9.84 Å². The van der Waals surface area contributed by atoms with Gasteiger partial charge in [-0.15, -0.1) is 0 Å². The van der Waals surface area contributed by atoms with Gasteiger partial charge in [-0.25, -0.2) is 4.79 Å². The number of hydrogen-bond donors (Lipinski definition) is 8. The van der Waals surface area contributed by atoms with E-state index in [1.165, 1.54) is 0 Å². The van der Waals surface area contributed by atoms with Gasteiger partial charge in [0.25, 0.3) is 0 Å². The number of aliphatic carboxylic acids is 1. The Hall–Kier alpha value is -1.11. The van der Waals surface area contributed by atoms with Crippen LogP contribution in [0.2, 0.25) is 0 Å². The van der Waals surface area contributed by atoms with Crippen LogP contribution in [0.4, 0.5) is 0 Å². The molecule has 1 saturated carbocycles. The molecule has 8 atom stereocenters. The smallest absolute Gasteiger partial charge is 0.335 e. The van der Waals surface area contributed by atoms with Crippen LogP contribution in [-0.4, -0.2) is 95.3 Å². The van der Waals surface area contributed by atoms with Gasteiger partial charge in [0.05, 0.1) is 18.3 Å². The molecule has 0 aromatic carbocycles. The zero-order valence-electron chi connectivity index (χ0n) is 12.6. The number of rotatable bonds is 4. The molecule has 10 nitrogen and oxygen atoms in total. The summed E-state index contributed by atoms with van der Waals surface area (Å²) in [6.45, 7) is 0. The Labute approximate surface area is 136 Å². The lowest BCUT2D eigenvalue weighted by Gasteiger charge is -2.40. The lowest BCUT2D eigenvalue weighted by molar-refractivity contribution is -0.220. The van der Waals surface area contributed by atoms with Crippen molar-refractivity contribution in [2.45, 2.75) is 67.8 Å². The molecule has 0 aromatic rings. The summed E-state index contributed by atoms with van der Waals surface area (Å²) in [5.41, 5.74) is -2.30. The normalized spacial score (nSPS) is 44.7. The maximum Gasteiger partial charge on any atom is 0.335 e. The van der Waals surface area contributed by atoms with Gasteiger partial charge in [-0.2, -0.15) is 0 Å². The summed E-state index contributed by atoms with van der Waals surface area (Å²) >= 11 is 0. The number of ether oxygens (including phenoxy) is 1. The van der Waals surface area contributed by atoms with Crippen LogP contribution in [0.5, 0.6) is 0 Å². The van der Waals surface area contributed by atoms with E-state index in [1.807, 2.05) is 0 Å². The summed E-state index contributed by atoms with van der Waals surface area (Å²) in [6, 6.07) is 0. The molecule has 0 saturated heterocycles. The standard InChI is InChI=1S/C14H22O10/c15-6-1-5(2-7(16)10(6)18)12(20)24-9-4-14(23,13(21)22)3-8(17)11(9)19/h1,6-12,15-20,23H,2-4H2,(H,21,22). The van der Waals surface area contributed by atoms with Crippen LogP contribution in [0.15, 0.2) is 11.6 Å². The third kappa shape index (κ3) is 3.76. The highest BCUT2D eigenvalue weighted by Gasteiger charge is 2.50. The molecule has 24 heavy (non-hydrogen) atoms. The molecule has 2 aliphatic rings. The lowest BCUT2D eigenvalue weighted by Crippen LogP contribution is -2.57. The summed E-state index contributed by atoms with van der Waals surface area (Å²) in [5, 5.41) is 77.3. The number of carboxylic acid groups (broad SMARTS) is 1. The highest BCUT2D eigenvalue weighted by atomic mass is 16.6. The predicted octanol–water partition coefficient (Wildman–Crippen LogP) is -3.57. The fraction of sp³-hybridized carbons (Fsp3) is 0.786. The zero-order chi connectivity index (χ0) is 18.2. The van der Waals surface area contributed by atoms with E-state index in [-0.39, 0.29) is 12.0 Å². The van der Waals surface area contributed by atoms with Crippen LogP contribution in [0.25, 0.3) is 0 Å². The van der Waals surface area contributed by atoms with Gasteiger partial charge in [-0.05, 0) is 11.6 Å². The van der Waals surface area contributed by atoms with Gasteiger partial charge in [0.1, 0.15) is 18.3 Å². The number of aliphatic hydroxyl groups is 7. The van der Waals surface area contributed by atoms with Gasteiger partial charge in [-0.3, -0.25) is 0 Å². The predicted molar refractivity (Wildman–Crippen MR) is 75.4 cm³/mol. The molecule has 0 amide bonds. The lowest BCUT2D eigenvalue weighted by atomic mass is 9.79. The molecule has 138 valence electrons. The first-order chi connectivity index (χ1) is 11.0. The van der Waals surface area contributed by atoms with E-state index < -0.39 is 67.3 Å². The van der Waals surface area contributed by atoms with E-state index in [9.17, 15) is 40.5 Å². The van der Waals surface area contributed by atoms with Crippen molar-refractivity contribution in [3.05, 3.63) is 11.6 Å². The summed E-state index contributed by atoms with van der Waals surface area (Å²) in [6.07, 6.45) is -10.7. The second-order valence-corrected chi connectivity index (χ2v) is 6.32. The Balaban J connectivity index is 2.11. The summed E-state index contributed by atoms with van der Waals surface area (Å²) < 4.78 is 5.14. The van der Waals surface area contributed by atoms with Crippen LogP contribution in [0.3, 0.4) is 0 Å². The van der Waals surface area contributed by atoms with Crippen molar-refractivity contribution in [1.82, 2.24) is 0 Å². The minimum absolute atomic E-state index is 0.0198. The van der Waals surface area contributed by atoms with Crippen molar-refractivity contribution in [3.63, 3.8) is 0 Å². The van der Waals surface area contributed by atoms with Crippen LogP contribution in [0.1, 0.15) is 19.3 Å². The monoisotopic (exact) mass is 350 g/mol. The van der Waals surface area contributed by atoms with E-state index >= 15 is 0 Å². The van der Waals surface area contributed by atoms with Gasteiger partial charge in [0, 0.05) is 19.3 Å². The quantitative estimate of drug-likeness (QED) is 0.186. The topological polar surface area (TPSA) is 188 Å². The van der Waals surface area contributed by atoms with E-state index in [0.717, 1.165) is 6.08 Å². The highest BCUT2D eigenvalue weighted by Crippen LogP contribution is 2.33. The van der Waals surface area contributed by atoms with Crippen molar-refractivity contribution in [3.8, 4) is 0 Å². The zero-order valence-corrected chi connectivity index (χ0v) is 12.6. The largest absolute Gasteiger partial charge is 0.479 e. The minimum atomic E-state index is -2.32. The Morgan fingerprint density at radius 2 is 1.75 bits per heavy atom. The molecule has 0 aromatic heterocycles. The molecule has 1 fully saturated rings. The fourth-order valence-corrected chi connectivity index (χ4v) is 2.97. The molecule has 0 bridgehead atoms. The first kappa shape index (κ1) is 19.2. The molecule has 0 spiro atoms. The summed E-state index contributed by atoms with van der Waals surface area (Å²) in [5.74, 6) is -1.60. The maximum absolute atomic E-state index is 11.1. The molecule has 2 rings (SSSR count). The van der Waals surface area contributed by atoms with Gasteiger partial charge in [0.2, 0.25) is 0 Å². The minimum Gasteiger partial charge on any atom is -0.479 e. The molecule has 0 radical (unpaired) electrons. The summed E-state index contributed by atoms with van der Waals surface area (Å²) in [4.78, 5) is 11.1. The Bertz CT molecular complexity index is 508. The molecular formula is C14H22O10. The Kier molecular flexibility index (Phi) is 5.62. The SMILES string of the molecule is O=C(O)C1(O)CC(O)C(O)C(OC(O)C2=CC(O)C(O)C(O)C2)C1.